The molecular formula is C13H14N2OS. The minimum Gasteiger partial charge on any atom is -0.321 e. The summed E-state index contributed by atoms with van der Waals surface area (Å²) in [5, 5.41) is 7.86. The highest BCUT2D eigenvalue weighted by atomic mass is 32.1. The highest BCUT2D eigenvalue weighted by Gasteiger charge is 2.06. The Balaban J connectivity index is 2.08. The number of hydrogen-bond acceptors (Lipinski definition) is 3. The first-order valence-corrected chi connectivity index (χ1v) is 6.26. The van der Waals surface area contributed by atoms with E-state index in [0.29, 0.717) is 0 Å². The maximum Gasteiger partial charge on any atom is 0.265 e. The standard InChI is InChI=1S/C13H14N2OS/c1-14-9-10-4-2-5-11(8-10)15-13(16)12-6-3-7-17-12/h2-8,14H,9H2,1H3,(H,15,16). The van der Waals surface area contributed by atoms with Gasteiger partial charge in [0.1, 0.15) is 0 Å². The van der Waals surface area contributed by atoms with Gasteiger partial charge in [0.2, 0.25) is 0 Å². The molecule has 4 heteroatoms. The molecule has 0 atom stereocenters. The van der Waals surface area contributed by atoms with Crippen molar-refractivity contribution in [2.24, 2.45) is 0 Å². The van der Waals surface area contributed by atoms with E-state index < -0.39 is 0 Å². The van der Waals surface area contributed by atoms with E-state index in [0.717, 1.165) is 22.7 Å². The Hall–Kier alpha value is -1.65. The molecule has 17 heavy (non-hydrogen) atoms. The number of carbonyl (C=O) groups excluding carboxylic acids is 1. The Labute approximate surface area is 104 Å². The molecule has 3 nitrogen and oxygen atoms in total. The molecule has 1 amide bonds. The van der Waals surface area contributed by atoms with Gasteiger partial charge in [-0.25, -0.2) is 0 Å². The van der Waals surface area contributed by atoms with Crippen molar-refractivity contribution in [1.82, 2.24) is 5.32 Å². The van der Waals surface area contributed by atoms with E-state index in [4.69, 9.17) is 0 Å². The van der Waals surface area contributed by atoms with Gasteiger partial charge in [0, 0.05) is 12.2 Å². The number of rotatable bonds is 4. The highest BCUT2D eigenvalue weighted by molar-refractivity contribution is 7.12. The third-order valence-electron chi connectivity index (χ3n) is 2.31. The zero-order chi connectivity index (χ0) is 12.1. The molecule has 0 saturated carbocycles. The third kappa shape index (κ3) is 3.15. The van der Waals surface area contributed by atoms with E-state index in [-0.39, 0.29) is 5.91 Å². The molecule has 0 aliphatic rings. The van der Waals surface area contributed by atoms with Crippen LogP contribution in [0.25, 0.3) is 0 Å². The predicted octanol–water partition coefficient (Wildman–Crippen LogP) is 2.72. The number of carbonyl (C=O) groups is 1. The van der Waals surface area contributed by atoms with Gasteiger partial charge in [0.15, 0.2) is 0 Å². The number of anilines is 1. The van der Waals surface area contributed by atoms with Gasteiger partial charge >= 0.3 is 0 Å². The number of amides is 1. The van der Waals surface area contributed by atoms with Crippen molar-refractivity contribution in [2.75, 3.05) is 12.4 Å². The van der Waals surface area contributed by atoms with Gasteiger partial charge in [-0.3, -0.25) is 4.79 Å². The Kier molecular flexibility index (Phi) is 3.90. The summed E-state index contributed by atoms with van der Waals surface area (Å²) in [6.45, 7) is 0.794. The zero-order valence-electron chi connectivity index (χ0n) is 9.57. The highest BCUT2D eigenvalue weighted by Crippen LogP contribution is 2.14. The lowest BCUT2D eigenvalue weighted by Crippen LogP contribution is -2.11. The second-order valence-electron chi connectivity index (χ2n) is 3.66. The van der Waals surface area contributed by atoms with Crippen LogP contribution in [0.3, 0.4) is 0 Å². The molecule has 0 aliphatic carbocycles. The van der Waals surface area contributed by atoms with Gasteiger partial charge in [0.05, 0.1) is 4.88 Å². The smallest absolute Gasteiger partial charge is 0.265 e. The van der Waals surface area contributed by atoms with Gasteiger partial charge in [-0.1, -0.05) is 18.2 Å². The van der Waals surface area contributed by atoms with Crippen molar-refractivity contribution in [3.63, 3.8) is 0 Å². The first kappa shape index (κ1) is 11.8. The summed E-state index contributed by atoms with van der Waals surface area (Å²) >= 11 is 1.44. The minimum absolute atomic E-state index is 0.0541. The van der Waals surface area contributed by atoms with E-state index in [1.165, 1.54) is 11.3 Å². The first-order valence-electron chi connectivity index (χ1n) is 5.38. The fourth-order valence-corrected chi connectivity index (χ4v) is 2.18. The second-order valence-corrected chi connectivity index (χ2v) is 4.61. The summed E-state index contributed by atoms with van der Waals surface area (Å²) in [6.07, 6.45) is 0. The van der Waals surface area contributed by atoms with E-state index in [1.54, 1.807) is 0 Å². The monoisotopic (exact) mass is 246 g/mol. The lowest BCUT2D eigenvalue weighted by molar-refractivity contribution is 0.103. The molecule has 0 aliphatic heterocycles. The van der Waals surface area contributed by atoms with Crippen LogP contribution in [-0.2, 0) is 6.54 Å². The second kappa shape index (κ2) is 5.61. The molecule has 0 fully saturated rings. The Morgan fingerprint density at radius 3 is 2.88 bits per heavy atom. The van der Waals surface area contributed by atoms with Crippen molar-refractivity contribution >= 4 is 22.9 Å². The van der Waals surface area contributed by atoms with Crippen LogP contribution in [-0.4, -0.2) is 13.0 Å². The quantitative estimate of drug-likeness (QED) is 0.871. The molecule has 0 spiro atoms. The molecule has 0 unspecified atom stereocenters. The van der Waals surface area contributed by atoms with Crippen LogP contribution in [0.2, 0.25) is 0 Å². The molecule has 0 radical (unpaired) electrons. The normalized spacial score (nSPS) is 10.2. The molecule has 2 rings (SSSR count). The maximum absolute atomic E-state index is 11.8. The first-order chi connectivity index (χ1) is 8.29. The predicted molar refractivity (Wildman–Crippen MR) is 71.5 cm³/mol. The Morgan fingerprint density at radius 2 is 2.18 bits per heavy atom. The van der Waals surface area contributed by atoms with Crippen molar-refractivity contribution in [1.29, 1.82) is 0 Å². The third-order valence-corrected chi connectivity index (χ3v) is 3.18. The molecule has 0 saturated heterocycles. The Morgan fingerprint density at radius 1 is 1.29 bits per heavy atom. The largest absolute Gasteiger partial charge is 0.321 e. The van der Waals surface area contributed by atoms with Gasteiger partial charge in [-0.05, 0) is 36.2 Å². The maximum atomic E-state index is 11.8. The van der Waals surface area contributed by atoms with Gasteiger partial charge < -0.3 is 10.6 Å². The average Bonchev–Trinajstić information content (AvgIpc) is 2.83. The van der Waals surface area contributed by atoms with Crippen LogP contribution < -0.4 is 10.6 Å². The van der Waals surface area contributed by atoms with Crippen molar-refractivity contribution in [3.8, 4) is 0 Å². The van der Waals surface area contributed by atoms with Gasteiger partial charge in [-0.2, -0.15) is 0 Å². The van der Waals surface area contributed by atoms with Gasteiger partial charge in [0.25, 0.3) is 5.91 Å². The fourth-order valence-electron chi connectivity index (χ4n) is 1.56. The fraction of sp³-hybridized carbons (Fsp3) is 0.154. The lowest BCUT2D eigenvalue weighted by Gasteiger charge is -2.06. The van der Waals surface area contributed by atoms with Crippen LogP contribution in [0.4, 0.5) is 5.69 Å². The van der Waals surface area contributed by atoms with Crippen LogP contribution >= 0.6 is 11.3 Å². The number of hydrogen-bond donors (Lipinski definition) is 2. The summed E-state index contributed by atoms with van der Waals surface area (Å²) in [6, 6.07) is 11.5. The van der Waals surface area contributed by atoms with E-state index >= 15 is 0 Å². The molecule has 1 aromatic heterocycles. The topological polar surface area (TPSA) is 41.1 Å². The average molecular weight is 246 g/mol. The Bertz CT molecular complexity index is 494. The molecular weight excluding hydrogens is 232 g/mol. The molecule has 2 aromatic rings. The molecule has 2 N–H and O–H groups in total. The molecule has 1 heterocycles. The number of benzene rings is 1. The van der Waals surface area contributed by atoms with Crippen LogP contribution in [0.1, 0.15) is 15.2 Å². The van der Waals surface area contributed by atoms with Gasteiger partial charge in [-0.15, -0.1) is 11.3 Å². The van der Waals surface area contributed by atoms with E-state index in [2.05, 4.69) is 10.6 Å². The summed E-state index contributed by atoms with van der Waals surface area (Å²) in [4.78, 5) is 12.6. The molecule has 88 valence electrons. The number of thiophene rings is 1. The molecule has 0 bridgehead atoms. The zero-order valence-corrected chi connectivity index (χ0v) is 10.4. The SMILES string of the molecule is CNCc1cccc(NC(=O)c2cccs2)c1. The van der Waals surface area contributed by atoms with Crippen LogP contribution in [0.15, 0.2) is 41.8 Å². The van der Waals surface area contributed by atoms with E-state index in [9.17, 15) is 4.79 Å². The van der Waals surface area contributed by atoms with Crippen LogP contribution in [0.5, 0.6) is 0 Å². The summed E-state index contributed by atoms with van der Waals surface area (Å²) in [5.74, 6) is -0.0541. The van der Waals surface area contributed by atoms with Crippen molar-refractivity contribution in [2.45, 2.75) is 6.54 Å². The minimum atomic E-state index is -0.0541. The number of nitrogens with one attached hydrogen (secondary N) is 2. The van der Waals surface area contributed by atoms with Crippen LogP contribution in [0, 0.1) is 0 Å². The van der Waals surface area contributed by atoms with Crippen molar-refractivity contribution in [3.05, 3.63) is 52.2 Å². The summed E-state index contributed by atoms with van der Waals surface area (Å²) in [5.41, 5.74) is 1.98. The molecule has 1 aromatic carbocycles. The lowest BCUT2D eigenvalue weighted by atomic mass is 10.2. The summed E-state index contributed by atoms with van der Waals surface area (Å²) in [7, 11) is 1.90. The van der Waals surface area contributed by atoms with Crippen molar-refractivity contribution < 1.29 is 4.79 Å². The summed E-state index contributed by atoms with van der Waals surface area (Å²) < 4.78 is 0. The van der Waals surface area contributed by atoms with E-state index in [1.807, 2.05) is 48.8 Å².